The van der Waals surface area contributed by atoms with Crippen molar-refractivity contribution in [3.8, 4) is 0 Å². The number of amides is 1. The summed E-state index contributed by atoms with van der Waals surface area (Å²) >= 11 is 0. The molecule has 1 aliphatic carbocycles. The zero-order valence-corrected chi connectivity index (χ0v) is 7.73. The predicted octanol–water partition coefficient (Wildman–Crippen LogP) is 1.46. The van der Waals surface area contributed by atoms with E-state index in [0.29, 0.717) is 19.0 Å². The van der Waals surface area contributed by atoms with Gasteiger partial charge < -0.3 is 5.32 Å². The molecule has 72 valence electrons. The van der Waals surface area contributed by atoms with E-state index in [9.17, 15) is 4.79 Å². The second-order valence-electron chi connectivity index (χ2n) is 3.37. The first kappa shape index (κ1) is 9.86. The Morgan fingerprint density at radius 3 is 3.00 bits per heavy atom. The molecule has 0 heterocycles. The van der Waals surface area contributed by atoms with Crippen molar-refractivity contribution in [3.63, 3.8) is 0 Å². The van der Waals surface area contributed by atoms with Crippen molar-refractivity contribution in [1.29, 1.82) is 0 Å². The zero-order chi connectivity index (χ0) is 9.68. The number of carbonyl (C=O) groups excluding carboxylic acids is 1. The van der Waals surface area contributed by atoms with Crippen molar-refractivity contribution in [2.45, 2.75) is 19.8 Å². The second kappa shape index (κ2) is 4.72. The second-order valence-corrected chi connectivity index (χ2v) is 3.37. The number of nitrogens with zero attached hydrogens (tertiary/aromatic N) is 3. The first-order chi connectivity index (χ1) is 6.25. The van der Waals surface area contributed by atoms with E-state index >= 15 is 0 Å². The van der Waals surface area contributed by atoms with Crippen LogP contribution >= 0.6 is 0 Å². The molecule has 0 aromatic heterocycles. The van der Waals surface area contributed by atoms with Gasteiger partial charge in [0.15, 0.2) is 0 Å². The molecule has 1 unspecified atom stereocenters. The normalized spacial score (nSPS) is 17.3. The summed E-state index contributed by atoms with van der Waals surface area (Å²) in [6.07, 6.45) is 2.34. The van der Waals surface area contributed by atoms with Gasteiger partial charge in [-0.25, -0.2) is 0 Å². The third-order valence-electron chi connectivity index (χ3n) is 2.32. The Hall–Kier alpha value is -1.22. The highest BCUT2D eigenvalue weighted by molar-refractivity contribution is 5.78. The number of nitrogens with one attached hydrogen (secondary N) is 1. The third kappa shape index (κ3) is 3.34. The van der Waals surface area contributed by atoms with Gasteiger partial charge in [-0.2, -0.15) is 0 Å². The number of carbonyl (C=O) groups is 1. The van der Waals surface area contributed by atoms with Crippen LogP contribution in [-0.2, 0) is 4.79 Å². The number of azide groups is 1. The average Bonchev–Trinajstić information content (AvgIpc) is 2.94. The standard InChI is InChI=1S/C8H14N4O/c1-6(7-2-3-7)8(13)10-4-5-11-12-9/h6-7H,2-5H2,1H3,(H,10,13). The summed E-state index contributed by atoms with van der Waals surface area (Å²) in [4.78, 5) is 13.9. The Morgan fingerprint density at radius 1 is 1.77 bits per heavy atom. The summed E-state index contributed by atoms with van der Waals surface area (Å²) < 4.78 is 0. The van der Waals surface area contributed by atoms with Crippen molar-refractivity contribution in [1.82, 2.24) is 5.32 Å². The minimum absolute atomic E-state index is 0.0793. The molecule has 0 aromatic carbocycles. The minimum atomic E-state index is 0.0793. The van der Waals surface area contributed by atoms with Crippen LogP contribution in [-0.4, -0.2) is 19.0 Å². The predicted molar refractivity (Wildman–Crippen MR) is 48.9 cm³/mol. The average molecular weight is 182 g/mol. The summed E-state index contributed by atoms with van der Waals surface area (Å²) in [5.74, 6) is 0.779. The fraction of sp³-hybridized carbons (Fsp3) is 0.875. The minimum Gasteiger partial charge on any atom is -0.356 e. The lowest BCUT2D eigenvalue weighted by Crippen LogP contribution is -2.31. The number of rotatable bonds is 5. The zero-order valence-electron chi connectivity index (χ0n) is 7.73. The van der Waals surface area contributed by atoms with E-state index in [1.165, 1.54) is 12.8 Å². The highest BCUT2D eigenvalue weighted by atomic mass is 16.1. The molecule has 1 N–H and O–H groups in total. The van der Waals surface area contributed by atoms with Crippen molar-refractivity contribution < 1.29 is 4.79 Å². The first-order valence-corrected chi connectivity index (χ1v) is 4.54. The molecule has 1 atom stereocenters. The molecule has 1 rings (SSSR count). The fourth-order valence-corrected chi connectivity index (χ4v) is 1.25. The van der Waals surface area contributed by atoms with Gasteiger partial charge in [0.1, 0.15) is 0 Å². The van der Waals surface area contributed by atoms with E-state index < -0.39 is 0 Å². The van der Waals surface area contributed by atoms with E-state index in [1.807, 2.05) is 6.92 Å². The van der Waals surface area contributed by atoms with Crippen LogP contribution in [0.25, 0.3) is 10.4 Å². The SMILES string of the molecule is CC(C(=O)NCCN=[N+]=[N-])C1CC1. The van der Waals surface area contributed by atoms with Gasteiger partial charge in [0.05, 0.1) is 0 Å². The van der Waals surface area contributed by atoms with Crippen molar-refractivity contribution in [3.05, 3.63) is 10.4 Å². The molecule has 13 heavy (non-hydrogen) atoms. The summed E-state index contributed by atoms with van der Waals surface area (Å²) in [6, 6.07) is 0. The van der Waals surface area contributed by atoms with Crippen LogP contribution in [0.3, 0.4) is 0 Å². The van der Waals surface area contributed by atoms with Gasteiger partial charge in [-0.15, -0.1) is 0 Å². The van der Waals surface area contributed by atoms with Gasteiger partial charge in [-0.3, -0.25) is 4.79 Å². The van der Waals surface area contributed by atoms with Gasteiger partial charge in [0.25, 0.3) is 0 Å². The molecular formula is C8H14N4O. The Balaban J connectivity index is 2.12. The van der Waals surface area contributed by atoms with E-state index in [4.69, 9.17) is 5.53 Å². The Labute approximate surface area is 77.1 Å². The summed E-state index contributed by atoms with van der Waals surface area (Å²) in [7, 11) is 0. The molecule has 1 saturated carbocycles. The monoisotopic (exact) mass is 182 g/mol. The van der Waals surface area contributed by atoms with E-state index in [-0.39, 0.29) is 11.8 Å². The van der Waals surface area contributed by atoms with E-state index in [2.05, 4.69) is 15.3 Å². The molecule has 5 heteroatoms. The van der Waals surface area contributed by atoms with Crippen LogP contribution in [0.5, 0.6) is 0 Å². The Morgan fingerprint density at radius 2 is 2.46 bits per heavy atom. The largest absolute Gasteiger partial charge is 0.356 e. The van der Waals surface area contributed by atoms with Crippen LogP contribution in [0, 0.1) is 11.8 Å². The topological polar surface area (TPSA) is 77.9 Å². The van der Waals surface area contributed by atoms with Crippen LogP contribution in [0.4, 0.5) is 0 Å². The lowest BCUT2D eigenvalue weighted by molar-refractivity contribution is -0.125. The van der Waals surface area contributed by atoms with Crippen molar-refractivity contribution >= 4 is 5.91 Å². The van der Waals surface area contributed by atoms with Crippen molar-refractivity contribution in [2.24, 2.45) is 17.0 Å². The number of hydrogen-bond donors (Lipinski definition) is 1. The smallest absolute Gasteiger partial charge is 0.223 e. The summed E-state index contributed by atoms with van der Waals surface area (Å²) in [6.45, 7) is 2.72. The quantitative estimate of drug-likeness (QED) is 0.297. The molecule has 0 aliphatic heterocycles. The van der Waals surface area contributed by atoms with Gasteiger partial charge >= 0.3 is 0 Å². The Kier molecular flexibility index (Phi) is 3.58. The van der Waals surface area contributed by atoms with Crippen LogP contribution in [0.2, 0.25) is 0 Å². The maximum Gasteiger partial charge on any atom is 0.223 e. The van der Waals surface area contributed by atoms with Crippen LogP contribution < -0.4 is 5.32 Å². The molecule has 5 nitrogen and oxygen atoms in total. The Bertz CT molecular complexity index is 230. The first-order valence-electron chi connectivity index (χ1n) is 4.54. The molecule has 0 aromatic rings. The third-order valence-corrected chi connectivity index (χ3v) is 2.32. The molecule has 0 bridgehead atoms. The lowest BCUT2D eigenvalue weighted by atomic mass is 10.1. The molecular weight excluding hydrogens is 168 g/mol. The maximum absolute atomic E-state index is 11.3. The summed E-state index contributed by atoms with van der Waals surface area (Å²) in [5, 5.41) is 6.06. The highest BCUT2D eigenvalue weighted by Crippen LogP contribution is 2.36. The highest BCUT2D eigenvalue weighted by Gasteiger charge is 2.32. The fourth-order valence-electron chi connectivity index (χ4n) is 1.25. The maximum atomic E-state index is 11.3. The lowest BCUT2D eigenvalue weighted by Gasteiger charge is -2.09. The summed E-state index contributed by atoms with van der Waals surface area (Å²) in [5.41, 5.74) is 7.98. The van der Waals surface area contributed by atoms with Crippen LogP contribution in [0.1, 0.15) is 19.8 Å². The van der Waals surface area contributed by atoms with Gasteiger partial charge in [0.2, 0.25) is 5.91 Å². The van der Waals surface area contributed by atoms with Crippen molar-refractivity contribution in [2.75, 3.05) is 13.1 Å². The molecule has 1 fully saturated rings. The van der Waals surface area contributed by atoms with Gasteiger partial charge in [0, 0.05) is 23.9 Å². The van der Waals surface area contributed by atoms with Gasteiger partial charge in [-0.05, 0) is 24.3 Å². The van der Waals surface area contributed by atoms with Gasteiger partial charge in [-0.1, -0.05) is 12.0 Å². The van der Waals surface area contributed by atoms with E-state index in [0.717, 1.165) is 0 Å². The molecule has 1 aliphatic rings. The molecule has 1 amide bonds. The number of hydrogen-bond acceptors (Lipinski definition) is 2. The molecule has 0 saturated heterocycles. The molecule has 0 radical (unpaired) electrons. The van der Waals surface area contributed by atoms with E-state index in [1.54, 1.807) is 0 Å². The van der Waals surface area contributed by atoms with Crippen LogP contribution in [0.15, 0.2) is 5.11 Å². The molecule has 0 spiro atoms.